The molecule has 0 saturated carbocycles. The van der Waals surface area contributed by atoms with Gasteiger partial charge in [-0.15, -0.1) is 0 Å². The zero-order valence-corrected chi connectivity index (χ0v) is 13.3. The molecule has 5 heteroatoms. The highest BCUT2D eigenvalue weighted by Crippen LogP contribution is 2.31. The van der Waals surface area contributed by atoms with Crippen LogP contribution in [0.15, 0.2) is 35.1 Å². The molecule has 2 aromatic rings. The predicted octanol–water partition coefficient (Wildman–Crippen LogP) is 1.64. The van der Waals surface area contributed by atoms with Gasteiger partial charge in [0.05, 0.1) is 12.1 Å². The van der Waals surface area contributed by atoms with Crippen LogP contribution in [-0.2, 0) is 19.3 Å². The smallest absolute Gasteiger partial charge is 0.261 e. The van der Waals surface area contributed by atoms with Gasteiger partial charge in [-0.3, -0.25) is 9.59 Å². The number of carbonyl (C=O) groups excluding carboxylic acids is 1. The summed E-state index contributed by atoms with van der Waals surface area (Å²) in [4.78, 5) is 27.7. The van der Waals surface area contributed by atoms with E-state index in [-0.39, 0.29) is 11.1 Å². The predicted molar refractivity (Wildman–Crippen MR) is 90.1 cm³/mol. The Labute approximate surface area is 139 Å². The molecule has 0 aliphatic heterocycles. The summed E-state index contributed by atoms with van der Waals surface area (Å²) in [7, 11) is 0. The minimum Gasteiger partial charge on any atom is -0.390 e. The summed E-state index contributed by atoms with van der Waals surface area (Å²) in [5, 5.41) is 13.1. The Balaban J connectivity index is 1.62. The van der Waals surface area contributed by atoms with Gasteiger partial charge in [-0.05, 0) is 48.4 Å². The first kappa shape index (κ1) is 15.1. The number of pyridine rings is 1. The standard InChI is InChI=1S/C19H20N2O3/c22-16-10-11-5-1-3-7-13(11)17(16)21-19(24)14-9-12-6-2-4-8-15(12)20-18(14)23/h1,3,5,7,9,16-17,22H,2,4,6,8,10H2,(H,20,23)(H,21,24)/t16-,17-/m0/s1. The highest BCUT2D eigenvalue weighted by atomic mass is 16.3. The van der Waals surface area contributed by atoms with E-state index < -0.39 is 18.1 Å². The average molecular weight is 324 g/mol. The lowest BCUT2D eigenvalue weighted by atomic mass is 9.95. The SMILES string of the molecule is O=C(N[C@H]1c2ccccc2C[C@@H]1O)c1cc2c([nH]c1=O)CCCC2. The van der Waals surface area contributed by atoms with Crippen LogP contribution in [0.5, 0.6) is 0 Å². The number of aryl methyl sites for hydroxylation is 2. The van der Waals surface area contributed by atoms with E-state index in [1.54, 1.807) is 6.07 Å². The summed E-state index contributed by atoms with van der Waals surface area (Å²) in [5.74, 6) is -0.426. The molecule has 1 aromatic heterocycles. The van der Waals surface area contributed by atoms with Crippen molar-refractivity contribution in [1.82, 2.24) is 10.3 Å². The fourth-order valence-electron chi connectivity index (χ4n) is 3.81. The number of aromatic nitrogens is 1. The van der Waals surface area contributed by atoms with Gasteiger partial charge < -0.3 is 15.4 Å². The number of benzene rings is 1. The molecule has 0 radical (unpaired) electrons. The molecule has 0 saturated heterocycles. The molecule has 24 heavy (non-hydrogen) atoms. The molecule has 2 aliphatic carbocycles. The third kappa shape index (κ3) is 2.55. The normalized spacial score (nSPS) is 21.9. The highest BCUT2D eigenvalue weighted by molar-refractivity contribution is 5.94. The Morgan fingerprint density at radius 3 is 2.83 bits per heavy atom. The minimum atomic E-state index is -0.664. The van der Waals surface area contributed by atoms with E-state index in [1.165, 1.54) is 0 Å². The lowest BCUT2D eigenvalue weighted by molar-refractivity contribution is 0.0856. The van der Waals surface area contributed by atoms with Crippen LogP contribution in [0.1, 0.15) is 51.6 Å². The molecule has 5 nitrogen and oxygen atoms in total. The largest absolute Gasteiger partial charge is 0.390 e. The summed E-state index contributed by atoms with van der Waals surface area (Å²) < 4.78 is 0. The molecule has 3 N–H and O–H groups in total. The van der Waals surface area contributed by atoms with Crippen LogP contribution in [0.2, 0.25) is 0 Å². The number of hydrogen-bond donors (Lipinski definition) is 3. The summed E-state index contributed by atoms with van der Waals surface area (Å²) >= 11 is 0. The molecule has 2 atom stereocenters. The monoisotopic (exact) mass is 324 g/mol. The third-order valence-electron chi connectivity index (χ3n) is 5.07. The number of hydrogen-bond acceptors (Lipinski definition) is 3. The maximum atomic E-state index is 12.6. The average Bonchev–Trinajstić information content (AvgIpc) is 2.90. The molecule has 1 aromatic carbocycles. The van der Waals surface area contributed by atoms with Crippen LogP contribution in [0.25, 0.3) is 0 Å². The van der Waals surface area contributed by atoms with Crippen molar-refractivity contribution < 1.29 is 9.90 Å². The van der Waals surface area contributed by atoms with Crippen LogP contribution >= 0.6 is 0 Å². The number of aliphatic hydroxyl groups is 1. The van der Waals surface area contributed by atoms with Crippen LogP contribution in [-0.4, -0.2) is 22.1 Å². The van der Waals surface area contributed by atoms with E-state index in [0.29, 0.717) is 6.42 Å². The maximum Gasteiger partial charge on any atom is 0.261 e. The van der Waals surface area contributed by atoms with E-state index in [0.717, 1.165) is 48.1 Å². The topological polar surface area (TPSA) is 82.2 Å². The minimum absolute atomic E-state index is 0.132. The number of aliphatic hydroxyl groups excluding tert-OH is 1. The number of H-pyrrole nitrogens is 1. The Hall–Kier alpha value is -2.40. The van der Waals surface area contributed by atoms with Gasteiger partial charge in [0.15, 0.2) is 0 Å². The van der Waals surface area contributed by atoms with Crippen LogP contribution in [0.3, 0.4) is 0 Å². The van der Waals surface area contributed by atoms with Crippen LogP contribution in [0.4, 0.5) is 0 Å². The van der Waals surface area contributed by atoms with E-state index in [1.807, 2.05) is 24.3 Å². The maximum absolute atomic E-state index is 12.6. The van der Waals surface area contributed by atoms with Crippen molar-refractivity contribution in [1.29, 1.82) is 0 Å². The summed E-state index contributed by atoms with van der Waals surface area (Å²) in [6, 6.07) is 8.93. The molecule has 0 bridgehead atoms. The van der Waals surface area contributed by atoms with Crippen molar-refractivity contribution in [2.45, 2.75) is 44.2 Å². The molecule has 1 heterocycles. The molecule has 4 rings (SSSR count). The number of aromatic amines is 1. The second kappa shape index (κ2) is 5.91. The van der Waals surface area contributed by atoms with E-state index in [9.17, 15) is 14.7 Å². The second-order valence-corrected chi connectivity index (χ2v) is 6.64. The quantitative estimate of drug-likeness (QED) is 0.785. The van der Waals surface area contributed by atoms with Crippen LogP contribution < -0.4 is 10.9 Å². The Morgan fingerprint density at radius 2 is 1.96 bits per heavy atom. The van der Waals surface area contributed by atoms with Gasteiger partial charge >= 0.3 is 0 Å². The van der Waals surface area contributed by atoms with Gasteiger partial charge in [-0.2, -0.15) is 0 Å². The second-order valence-electron chi connectivity index (χ2n) is 6.64. The first-order valence-electron chi connectivity index (χ1n) is 8.45. The van der Waals surface area contributed by atoms with Crippen molar-refractivity contribution in [3.05, 3.63) is 68.6 Å². The summed E-state index contributed by atoms with van der Waals surface area (Å²) in [6.45, 7) is 0. The van der Waals surface area contributed by atoms with Crippen molar-refractivity contribution in [2.75, 3.05) is 0 Å². The van der Waals surface area contributed by atoms with Crippen molar-refractivity contribution in [3.63, 3.8) is 0 Å². The molecule has 1 amide bonds. The third-order valence-corrected chi connectivity index (χ3v) is 5.07. The number of carbonyl (C=O) groups is 1. The van der Waals surface area contributed by atoms with Gasteiger partial charge in [-0.25, -0.2) is 0 Å². The molecule has 2 aliphatic rings. The Bertz CT molecular complexity index is 856. The summed E-state index contributed by atoms with van der Waals surface area (Å²) in [6.07, 6.45) is 3.75. The van der Waals surface area contributed by atoms with Crippen molar-refractivity contribution in [3.8, 4) is 0 Å². The lowest BCUT2D eigenvalue weighted by Gasteiger charge is -2.19. The Kier molecular flexibility index (Phi) is 3.73. The number of rotatable bonds is 2. The first-order valence-corrected chi connectivity index (χ1v) is 8.45. The van der Waals surface area contributed by atoms with Crippen molar-refractivity contribution >= 4 is 5.91 Å². The van der Waals surface area contributed by atoms with E-state index >= 15 is 0 Å². The van der Waals surface area contributed by atoms with Gasteiger partial charge in [0.25, 0.3) is 11.5 Å². The molecular formula is C19H20N2O3. The van der Waals surface area contributed by atoms with Gasteiger partial charge in [0.2, 0.25) is 0 Å². The molecule has 0 unspecified atom stereocenters. The summed E-state index contributed by atoms with van der Waals surface area (Å²) in [5.41, 5.74) is 3.75. The zero-order valence-electron chi connectivity index (χ0n) is 13.3. The molecule has 124 valence electrons. The number of fused-ring (bicyclic) bond motifs is 2. The molecule has 0 fully saturated rings. The Morgan fingerprint density at radius 1 is 1.17 bits per heavy atom. The van der Waals surface area contributed by atoms with Gasteiger partial charge in [0, 0.05) is 12.1 Å². The van der Waals surface area contributed by atoms with E-state index in [2.05, 4.69) is 10.3 Å². The number of amides is 1. The van der Waals surface area contributed by atoms with Crippen molar-refractivity contribution in [2.24, 2.45) is 0 Å². The first-order chi connectivity index (χ1) is 11.6. The van der Waals surface area contributed by atoms with E-state index in [4.69, 9.17) is 0 Å². The highest BCUT2D eigenvalue weighted by Gasteiger charge is 2.32. The fraction of sp³-hybridized carbons (Fsp3) is 0.368. The molecule has 0 spiro atoms. The van der Waals surface area contributed by atoms with Gasteiger partial charge in [-0.1, -0.05) is 24.3 Å². The molecular weight excluding hydrogens is 304 g/mol. The fourth-order valence-corrected chi connectivity index (χ4v) is 3.81. The van der Waals surface area contributed by atoms with Gasteiger partial charge in [0.1, 0.15) is 5.56 Å². The zero-order chi connectivity index (χ0) is 16.7. The van der Waals surface area contributed by atoms with Crippen LogP contribution in [0, 0.1) is 0 Å². The number of nitrogens with one attached hydrogen (secondary N) is 2. The lowest BCUT2D eigenvalue weighted by Crippen LogP contribution is -2.37.